The van der Waals surface area contributed by atoms with E-state index in [9.17, 15) is 4.79 Å². The number of nitrogens with one attached hydrogen (secondary N) is 1. The maximum Gasteiger partial charge on any atom is 0.258 e. The minimum Gasteiger partial charge on any atom is -0.483 e. The Morgan fingerprint density at radius 1 is 1.47 bits per heavy atom. The van der Waals surface area contributed by atoms with Gasteiger partial charge in [0.15, 0.2) is 6.61 Å². The van der Waals surface area contributed by atoms with Crippen molar-refractivity contribution in [2.75, 3.05) is 13.2 Å². The lowest BCUT2D eigenvalue weighted by molar-refractivity contribution is -0.124. The maximum atomic E-state index is 11.7. The summed E-state index contributed by atoms with van der Waals surface area (Å²) in [5, 5.41) is 12.4. The van der Waals surface area contributed by atoms with E-state index in [0.717, 1.165) is 5.56 Å². The molecule has 4 nitrogen and oxygen atoms in total. The molecule has 19 heavy (non-hydrogen) atoms. The average Bonchev–Trinajstić information content (AvgIpc) is 2.39. The molecule has 0 saturated carbocycles. The van der Waals surface area contributed by atoms with Gasteiger partial charge in [0.1, 0.15) is 5.75 Å². The van der Waals surface area contributed by atoms with Crippen molar-refractivity contribution in [2.45, 2.75) is 26.8 Å². The zero-order valence-electron chi connectivity index (χ0n) is 11.4. The van der Waals surface area contributed by atoms with Crippen LogP contribution < -0.4 is 10.1 Å². The molecule has 0 aliphatic heterocycles. The topological polar surface area (TPSA) is 58.6 Å². The van der Waals surface area contributed by atoms with Crippen LogP contribution >= 0.6 is 11.6 Å². The second kappa shape index (κ2) is 7.36. The number of carbonyl (C=O) groups excluding carboxylic acids is 1. The summed E-state index contributed by atoms with van der Waals surface area (Å²) in [7, 11) is 0. The second-order valence-corrected chi connectivity index (χ2v) is 5.07. The summed E-state index contributed by atoms with van der Waals surface area (Å²) in [6, 6.07) is 5.23. The highest BCUT2D eigenvalue weighted by atomic mass is 35.5. The molecular weight excluding hydrogens is 266 g/mol. The molecule has 0 spiro atoms. The Morgan fingerprint density at radius 2 is 2.16 bits per heavy atom. The van der Waals surface area contributed by atoms with Crippen LogP contribution in [0.3, 0.4) is 0 Å². The number of ether oxygens (including phenoxy) is 1. The van der Waals surface area contributed by atoms with Gasteiger partial charge in [-0.3, -0.25) is 4.79 Å². The molecule has 2 unspecified atom stereocenters. The summed E-state index contributed by atoms with van der Waals surface area (Å²) in [6.45, 7) is 5.53. The lowest BCUT2D eigenvalue weighted by Gasteiger charge is -2.19. The van der Waals surface area contributed by atoms with E-state index < -0.39 is 0 Å². The third kappa shape index (κ3) is 4.73. The van der Waals surface area contributed by atoms with Crippen molar-refractivity contribution >= 4 is 17.5 Å². The zero-order valence-corrected chi connectivity index (χ0v) is 12.2. The molecule has 1 amide bonds. The predicted octanol–water partition coefficient (Wildman–Crippen LogP) is 2.16. The molecular formula is C14H20ClNO3. The van der Waals surface area contributed by atoms with Crippen LogP contribution in [0, 0.1) is 12.8 Å². The molecule has 2 N–H and O–H groups in total. The SMILES string of the molecule is Cc1c(Cl)cccc1OCC(=O)NC(C)C(C)CO. The minimum atomic E-state index is -0.216. The summed E-state index contributed by atoms with van der Waals surface area (Å²) in [5.41, 5.74) is 0.814. The van der Waals surface area contributed by atoms with E-state index >= 15 is 0 Å². The van der Waals surface area contributed by atoms with Crippen molar-refractivity contribution in [1.82, 2.24) is 5.32 Å². The Morgan fingerprint density at radius 3 is 2.79 bits per heavy atom. The van der Waals surface area contributed by atoms with Gasteiger partial charge >= 0.3 is 0 Å². The number of amides is 1. The highest BCUT2D eigenvalue weighted by molar-refractivity contribution is 6.31. The molecule has 2 atom stereocenters. The summed E-state index contributed by atoms with van der Waals surface area (Å²) >= 11 is 5.97. The van der Waals surface area contributed by atoms with Crippen molar-refractivity contribution in [3.63, 3.8) is 0 Å². The Balaban J connectivity index is 2.48. The second-order valence-electron chi connectivity index (χ2n) is 4.67. The molecule has 1 rings (SSSR count). The van der Waals surface area contributed by atoms with Crippen molar-refractivity contribution in [2.24, 2.45) is 5.92 Å². The summed E-state index contributed by atoms with van der Waals surface area (Å²) in [6.07, 6.45) is 0. The third-order valence-corrected chi connectivity index (χ3v) is 3.52. The van der Waals surface area contributed by atoms with Crippen LogP contribution in [-0.2, 0) is 4.79 Å². The highest BCUT2D eigenvalue weighted by Crippen LogP contribution is 2.24. The first kappa shape index (κ1) is 15.8. The number of aliphatic hydroxyl groups excluding tert-OH is 1. The van der Waals surface area contributed by atoms with Gasteiger partial charge in [0, 0.05) is 23.2 Å². The predicted molar refractivity (Wildman–Crippen MR) is 75.5 cm³/mol. The molecule has 1 aromatic rings. The molecule has 1 aromatic carbocycles. The Labute approximate surface area is 118 Å². The van der Waals surface area contributed by atoms with E-state index in [4.69, 9.17) is 21.4 Å². The number of halogens is 1. The number of rotatable bonds is 6. The minimum absolute atomic E-state index is 0.0110. The van der Waals surface area contributed by atoms with E-state index in [2.05, 4.69) is 5.32 Å². The van der Waals surface area contributed by atoms with Gasteiger partial charge in [0.2, 0.25) is 0 Å². The van der Waals surface area contributed by atoms with Crippen molar-refractivity contribution in [3.05, 3.63) is 28.8 Å². The number of carbonyl (C=O) groups is 1. The number of benzene rings is 1. The molecule has 0 aliphatic rings. The van der Waals surface area contributed by atoms with E-state index in [0.29, 0.717) is 10.8 Å². The van der Waals surface area contributed by atoms with Crippen LogP contribution in [0.5, 0.6) is 5.75 Å². The average molecular weight is 286 g/mol. The smallest absolute Gasteiger partial charge is 0.258 e. The van der Waals surface area contributed by atoms with E-state index in [1.165, 1.54) is 0 Å². The molecule has 0 bridgehead atoms. The molecule has 0 aromatic heterocycles. The molecule has 5 heteroatoms. The van der Waals surface area contributed by atoms with Gasteiger partial charge in [-0.25, -0.2) is 0 Å². The van der Waals surface area contributed by atoms with Crippen LogP contribution in [0.25, 0.3) is 0 Å². The monoisotopic (exact) mass is 285 g/mol. The molecule has 0 aliphatic carbocycles. The lowest BCUT2D eigenvalue weighted by atomic mass is 10.1. The van der Waals surface area contributed by atoms with E-state index in [1.807, 2.05) is 20.8 Å². The number of aliphatic hydroxyl groups is 1. The van der Waals surface area contributed by atoms with Crippen LogP contribution in [0.15, 0.2) is 18.2 Å². The van der Waals surface area contributed by atoms with Crippen molar-refractivity contribution in [1.29, 1.82) is 0 Å². The Hall–Kier alpha value is -1.26. The van der Waals surface area contributed by atoms with Crippen molar-refractivity contribution in [3.8, 4) is 5.75 Å². The van der Waals surface area contributed by atoms with Gasteiger partial charge in [-0.1, -0.05) is 24.6 Å². The quantitative estimate of drug-likeness (QED) is 0.842. The van der Waals surface area contributed by atoms with Gasteiger partial charge in [0.25, 0.3) is 5.91 Å². The fourth-order valence-corrected chi connectivity index (χ4v) is 1.65. The van der Waals surface area contributed by atoms with Crippen LogP contribution in [0.2, 0.25) is 5.02 Å². The number of hydrogen-bond acceptors (Lipinski definition) is 3. The molecule has 0 fully saturated rings. The fraction of sp³-hybridized carbons (Fsp3) is 0.500. The first-order chi connectivity index (χ1) is 8.95. The molecule has 0 saturated heterocycles. The summed E-state index contributed by atoms with van der Waals surface area (Å²) < 4.78 is 5.43. The van der Waals surface area contributed by atoms with E-state index in [-0.39, 0.29) is 31.1 Å². The first-order valence-electron chi connectivity index (χ1n) is 6.23. The van der Waals surface area contributed by atoms with Gasteiger partial charge in [-0.15, -0.1) is 0 Å². The summed E-state index contributed by atoms with van der Waals surface area (Å²) in [5.74, 6) is 0.398. The van der Waals surface area contributed by atoms with E-state index in [1.54, 1.807) is 18.2 Å². The molecule has 106 valence electrons. The number of hydrogen-bond donors (Lipinski definition) is 2. The Bertz CT molecular complexity index is 437. The van der Waals surface area contributed by atoms with Crippen LogP contribution in [-0.4, -0.2) is 30.3 Å². The summed E-state index contributed by atoms with van der Waals surface area (Å²) in [4.78, 5) is 11.7. The van der Waals surface area contributed by atoms with Crippen molar-refractivity contribution < 1.29 is 14.6 Å². The Kier molecular flexibility index (Phi) is 6.12. The lowest BCUT2D eigenvalue weighted by Crippen LogP contribution is -2.40. The zero-order chi connectivity index (χ0) is 14.4. The van der Waals surface area contributed by atoms with Crippen LogP contribution in [0.4, 0.5) is 0 Å². The first-order valence-corrected chi connectivity index (χ1v) is 6.61. The van der Waals surface area contributed by atoms with Gasteiger partial charge < -0.3 is 15.2 Å². The largest absolute Gasteiger partial charge is 0.483 e. The van der Waals surface area contributed by atoms with Gasteiger partial charge in [0.05, 0.1) is 0 Å². The maximum absolute atomic E-state index is 11.7. The van der Waals surface area contributed by atoms with Crippen LogP contribution in [0.1, 0.15) is 19.4 Å². The normalized spacial score (nSPS) is 13.7. The molecule has 0 heterocycles. The third-order valence-electron chi connectivity index (χ3n) is 3.11. The fourth-order valence-electron chi connectivity index (χ4n) is 1.48. The standard InChI is InChI=1S/C14H20ClNO3/c1-9(7-17)11(3)16-14(18)8-19-13-6-4-5-12(15)10(13)2/h4-6,9,11,17H,7-8H2,1-3H3,(H,16,18). The highest BCUT2D eigenvalue weighted by Gasteiger charge is 2.14. The van der Waals surface area contributed by atoms with Gasteiger partial charge in [-0.2, -0.15) is 0 Å². The van der Waals surface area contributed by atoms with Gasteiger partial charge in [-0.05, 0) is 31.9 Å². The molecule has 0 radical (unpaired) electrons.